The number of aromatic amines is 1. The molecule has 3 N–H and O–H groups in total. The highest BCUT2D eigenvalue weighted by Gasteiger charge is 2.28. The number of hydrogen-bond acceptors (Lipinski definition) is 2. The van der Waals surface area contributed by atoms with Crippen LogP contribution in [0.3, 0.4) is 0 Å². The highest BCUT2D eigenvalue weighted by atomic mass is 16.1. The minimum Gasteiger partial charge on any atom is -0.357 e. The van der Waals surface area contributed by atoms with E-state index in [2.05, 4.69) is 45.9 Å². The Balaban J connectivity index is 1.53. The molecule has 27 heavy (non-hydrogen) atoms. The molecule has 3 aromatic carbocycles. The van der Waals surface area contributed by atoms with Crippen LogP contribution < -0.4 is 10.6 Å². The van der Waals surface area contributed by atoms with Crippen LogP contribution in [0.5, 0.6) is 0 Å². The summed E-state index contributed by atoms with van der Waals surface area (Å²) in [5.41, 5.74) is 4.26. The SMILES string of the molecule is O=C(Nc1cccc2ccccc12)C1CNCCc2c1[nH]c1ccccc21. The number of aromatic nitrogens is 1. The highest BCUT2D eigenvalue weighted by Crippen LogP contribution is 2.31. The Morgan fingerprint density at radius 3 is 2.63 bits per heavy atom. The number of anilines is 1. The monoisotopic (exact) mass is 355 g/mol. The molecular formula is C23H21N3O. The van der Waals surface area contributed by atoms with Gasteiger partial charge in [-0.3, -0.25) is 4.79 Å². The van der Waals surface area contributed by atoms with E-state index in [0.717, 1.165) is 40.6 Å². The molecule has 0 aliphatic carbocycles. The average molecular weight is 355 g/mol. The van der Waals surface area contributed by atoms with Gasteiger partial charge in [-0.05, 0) is 36.0 Å². The van der Waals surface area contributed by atoms with Gasteiger partial charge in [-0.1, -0.05) is 54.6 Å². The fourth-order valence-corrected chi connectivity index (χ4v) is 4.13. The fourth-order valence-electron chi connectivity index (χ4n) is 4.13. The molecule has 0 saturated carbocycles. The molecule has 4 nitrogen and oxygen atoms in total. The fraction of sp³-hybridized carbons (Fsp3) is 0.174. The van der Waals surface area contributed by atoms with Gasteiger partial charge in [-0.15, -0.1) is 0 Å². The van der Waals surface area contributed by atoms with E-state index < -0.39 is 0 Å². The minimum absolute atomic E-state index is 0.0218. The lowest BCUT2D eigenvalue weighted by Crippen LogP contribution is -2.30. The second-order valence-corrected chi connectivity index (χ2v) is 7.09. The van der Waals surface area contributed by atoms with Crippen molar-refractivity contribution in [1.82, 2.24) is 10.3 Å². The molecule has 4 heteroatoms. The van der Waals surface area contributed by atoms with Crippen molar-refractivity contribution in [3.63, 3.8) is 0 Å². The lowest BCUT2D eigenvalue weighted by Gasteiger charge is -2.16. The number of para-hydroxylation sites is 1. The third kappa shape index (κ3) is 2.78. The first-order valence-electron chi connectivity index (χ1n) is 9.40. The average Bonchev–Trinajstić information content (AvgIpc) is 2.93. The van der Waals surface area contributed by atoms with E-state index in [9.17, 15) is 4.79 Å². The molecule has 1 aromatic heterocycles. The Morgan fingerprint density at radius 2 is 1.70 bits per heavy atom. The third-order valence-corrected chi connectivity index (χ3v) is 5.46. The van der Waals surface area contributed by atoms with Crippen molar-refractivity contribution in [2.45, 2.75) is 12.3 Å². The molecule has 4 aromatic rings. The summed E-state index contributed by atoms with van der Waals surface area (Å²) in [6, 6.07) is 22.4. The van der Waals surface area contributed by atoms with E-state index in [1.54, 1.807) is 0 Å². The summed E-state index contributed by atoms with van der Waals surface area (Å²) < 4.78 is 0. The number of carbonyl (C=O) groups is 1. The number of benzene rings is 3. The summed E-state index contributed by atoms with van der Waals surface area (Å²) in [6.07, 6.45) is 0.928. The molecule has 0 spiro atoms. The van der Waals surface area contributed by atoms with Gasteiger partial charge in [0.2, 0.25) is 5.91 Å². The Labute approximate surface area is 157 Å². The summed E-state index contributed by atoms with van der Waals surface area (Å²) in [5.74, 6) is -0.220. The summed E-state index contributed by atoms with van der Waals surface area (Å²) in [6.45, 7) is 1.52. The molecule has 0 saturated heterocycles. The Kier molecular flexibility index (Phi) is 3.91. The number of rotatable bonds is 2. The smallest absolute Gasteiger partial charge is 0.234 e. The first kappa shape index (κ1) is 16.1. The predicted molar refractivity (Wildman–Crippen MR) is 110 cm³/mol. The number of carbonyl (C=O) groups excluding carboxylic acids is 1. The third-order valence-electron chi connectivity index (χ3n) is 5.46. The normalized spacial score (nSPS) is 16.8. The summed E-state index contributed by atoms with van der Waals surface area (Å²) in [4.78, 5) is 16.7. The van der Waals surface area contributed by atoms with Gasteiger partial charge in [0.1, 0.15) is 0 Å². The van der Waals surface area contributed by atoms with Crippen LogP contribution in [0.25, 0.3) is 21.7 Å². The highest BCUT2D eigenvalue weighted by molar-refractivity contribution is 6.04. The molecule has 0 bridgehead atoms. The van der Waals surface area contributed by atoms with Crippen LogP contribution in [-0.2, 0) is 11.2 Å². The molecule has 0 fully saturated rings. The summed E-state index contributed by atoms with van der Waals surface area (Å²) >= 11 is 0. The van der Waals surface area contributed by atoms with Crippen molar-refractivity contribution in [1.29, 1.82) is 0 Å². The van der Waals surface area contributed by atoms with Gasteiger partial charge in [0.25, 0.3) is 0 Å². The van der Waals surface area contributed by atoms with E-state index in [4.69, 9.17) is 0 Å². The van der Waals surface area contributed by atoms with Crippen molar-refractivity contribution < 1.29 is 4.79 Å². The van der Waals surface area contributed by atoms with Crippen LogP contribution in [0.15, 0.2) is 66.7 Å². The number of amides is 1. The first-order chi connectivity index (χ1) is 13.3. The van der Waals surface area contributed by atoms with Gasteiger partial charge < -0.3 is 15.6 Å². The van der Waals surface area contributed by atoms with Crippen LogP contribution in [-0.4, -0.2) is 24.0 Å². The van der Waals surface area contributed by atoms with Crippen molar-refractivity contribution >= 4 is 33.3 Å². The maximum absolute atomic E-state index is 13.2. The number of fused-ring (bicyclic) bond motifs is 4. The van der Waals surface area contributed by atoms with Crippen molar-refractivity contribution in [2.24, 2.45) is 0 Å². The predicted octanol–water partition coefficient (Wildman–Crippen LogP) is 4.19. The van der Waals surface area contributed by atoms with Crippen LogP contribution >= 0.6 is 0 Å². The number of nitrogens with one attached hydrogen (secondary N) is 3. The minimum atomic E-state index is -0.242. The number of hydrogen-bond donors (Lipinski definition) is 3. The molecule has 134 valence electrons. The molecule has 0 radical (unpaired) electrons. The van der Waals surface area contributed by atoms with E-state index >= 15 is 0 Å². The molecule has 1 aliphatic rings. The zero-order chi connectivity index (χ0) is 18.2. The van der Waals surface area contributed by atoms with Gasteiger partial charge in [0.05, 0.1) is 5.92 Å². The van der Waals surface area contributed by atoms with Crippen LogP contribution in [0.4, 0.5) is 5.69 Å². The van der Waals surface area contributed by atoms with Gasteiger partial charge in [-0.2, -0.15) is 0 Å². The Morgan fingerprint density at radius 1 is 0.926 bits per heavy atom. The summed E-state index contributed by atoms with van der Waals surface area (Å²) in [7, 11) is 0. The lowest BCUT2D eigenvalue weighted by atomic mass is 9.98. The van der Waals surface area contributed by atoms with Crippen LogP contribution in [0.1, 0.15) is 17.2 Å². The van der Waals surface area contributed by atoms with E-state index in [-0.39, 0.29) is 11.8 Å². The Bertz CT molecular complexity index is 1140. The van der Waals surface area contributed by atoms with E-state index in [0.29, 0.717) is 6.54 Å². The largest absolute Gasteiger partial charge is 0.357 e. The topological polar surface area (TPSA) is 56.9 Å². The standard InChI is InChI=1S/C23H21N3O/c27-23(26-20-11-5-7-15-6-1-2-8-16(15)20)19-14-24-13-12-18-17-9-3-4-10-21(17)25-22(18)19/h1-11,19,24-25H,12-14H2,(H,26,27). The maximum atomic E-state index is 13.2. The van der Waals surface area contributed by atoms with Crippen molar-refractivity contribution in [2.75, 3.05) is 18.4 Å². The second-order valence-electron chi connectivity index (χ2n) is 7.09. The molecule has 1 unspecified atom stereocenters. The first-order valence-corrected chi connectivity index (χ1v) is 9.40. The molecule has 5 rings (SSSR count). The number of H-pyrrole nitrogens is 1. The zero-order valence-corrected chi connectivity index (χ0v) is 15.0. The van der Waals surface area contributed by atoms with Gasteiger partial charge in [0, 0.05) is 34.2 Å². The lowest BCUT2D eigenvalue weighted by molar-refractivity contribution is -0.117. The molecular weight excluding hydrogens is 334 g/mol. The van der Waals surface area contributed by atoms with Gasteiger partial charge in [-0.25, -0.2) is 0 Å². The quantitative estimate of drug-likeness (QED) is 0.505. The van der Waals surface area contributed by atoms with Crippen LogP contribution in [0, 0.1) is 0 Å². The van der Waals surface area contributed by atoms with Crippen LogP contribution in [0.2, 0.25) is 0 Å². The van der Waals surface area contributed by atoms with Crippen molar-refractivity contribution in [3.8, 4) is 0 Å². The maximum Gasteiger partial charge on any atom is 0.234 e. The van der Waals surface area contributed by atoms with Crippen molar-refractivity contribution in [3.05, 3.63) is 78.0 Å². The van der Waals surface area contributed by atoms with E-state index in [1.165, 1.54) is 10.9 Å². The zero-order valence-electron chi connectivity index (χ0n) is 15.0. The molecule has 1 amide bonds. The van der Waals surface area contributed by atoms with Gasteiger partial charge >= 0.3 is 0 Å². The van der Waals surface area contributed by atoms with Gasteiger partial charge in [0.15, 0.2) is 0 Å². The molecule has 1 atom stereocenters. The summed E-state index contributed by atoms with van der Waals surface area (Å²) in [5, 5.41) is 10.00. The second kappa shape index (κ2) is 6.56. The Hall–Kier alpha value is -3.11. The molecule has 2 heterocycles. The van der Waals surface area contributed by atoms with E-state index in [1.807, 2.05) is 36.4 Å². The molecule has 1 aliphatic heterocycles.